The van der Waals surface area contributed by atoms with Gasteiger partial charge in [0.05, 0.1) is 5.92 Å². The molecule has 2 fully saturated rings. The normalized spacial score (nSPS) is 23.9. The molecule has 1 aromatic rings. The molecule has 0 unspecified atom stereocenters. The molecule has 0 radical (unpaired) electrons. The number of amides is 2. The smallest absolute Gasteiger partial charge is 0.225 e. The first-order chi connectivity index (χ1) is 13.0. The molecule has 3 rings (SSSR count). The van der Waals surface area contributed by atoms with Gasteiger partial charge in [-0.2, -0.15) is 0 Å². The summed E-state index contributed by atoms with van der Waals surface area (Å²) in [6, 6.07) is 8.42. The standard InChI is InChI=1S/C22H33N3O2/c1-17-7-5-11-24(14-17)15-20-9-4-3-8-19(20)13-23-22(27)21-10-6-12-25(16-21)18(2)26/h3-4,8-9,17,21H,5-7,10-16H2,1-2H3,(H,23,27)/t17-,21-/m0/s1. The maximum atomic E-state index is 12.6. The Labute approximate surface area is 163 Å². The van der Waals surface area contributed by atoms with Gasteiger partial charge in [-0.1, -0.05) is 31.2 Å². The van der Waals surface area contributed by atoms with Gasteiger partial charge in [-0.05, 0) is 49.3 Å². The predicted octanol–water partition coefficient (Wildman–Crippen LogP) is 2.79. The van der Waals surface area contributed by atoms with Crippen molar-refractivity contribution in [3.63, 3.8) is 0 Å². The van der Waals surface area contributed by atoms with Crippen molar-refractivity contribution < 1.29 is 9.59 Å². The van der Waals surface area contributed by atoms with Crippen molar-refractivity contribution in [3.8, 4) is 0 Å². The van der Waals surface area contributed by atoms with Gasteiger partial charge in [0.15, 0.2) is 0 Å². The Balaban J connectivity index is 1.56. The van der Waals surface area contributed by atoms with Crippen molar-refractivity contribution in [3.05, 3.63) is 35.4 Å². The maximum absolute atomic E-state index is 12.6. The van der Waals surface area contributed by atoms with Crippen molar-refractivity contribution >= 4 is 11.8 Å². The highest BCUT2D eigenvalue weighted by Gasteiger charge is 2.27. The summed E-state index contributed by atoms with van der Waals surface area (Å²) in [4.78, 5) is 28.5. The molecule has 0 aromatic heterocycles. The lowest BCUT2D eigenvalue weighted by molar-refractivity contribution is -0.134. The molecule has 0 aliphatic carbocycles. The molecule has 2 aliphatic rings. The van der Waals surface area contributed by atoms with E-state index in [1.54, 1.807) is 11.8 Å². The summed E-state index contributed by atoms with van der Waals surface area (Å²) in [5.41, 5.74) is 2.50. The number of benzene rings is 1. The van der Waals surface area contributed by atoms with Crippen LogP contribution >= 0.6 is 0 Å². The number of hydrogen-bond donors (Lipinski definition) is 1. The van der Waals surface area contributed by atoms with Crippen LogP contribution in [0.3, 0.4) is 0 Å². The Kier molecular flexibility index (Phi) is 6.89. The van der Waals surface area contributed by atoms with E-state index < -0.39 is 0 Å². The number of carbonyl (C=O) groups is 2. The van der Waals surface area contributed by atoms with Crippen LogP contribution < -0.4 is 5.32 Å². The van der Waals surface area contributed by atoms with Crippen molar-refractivity contribution in [2.45, 2.75) is 52.6 Å². The second-order valence-electron chi connectivity index (χ2n) is 8.27. The third-order valence-corrected chi connectivity index (χ3v) is 5.94. The van der Waals surface area contributed by atoms with Crippen LogP contribution in [0, 0.1) is 11.8 Å². The molecule has 2 heterocycles. The van der Waals surface area contributed by atoms with E-state index in [9.17, 15) is 9.59 Å². The zero-order valence-corrected chi connectivity index (χ0v) is 16.7. The first-order valence-electron chi connectivity index (χ1n) is 10.4. The van der Waals surface area contributed by atoms with Crippen molar-refractivity contribution in [1.82, 2.24) is 15.1 Å². The van der Waals surface area contributed by atoms with E-state index in [2.05, 4.69) is 35.3 Å². The summed E-state index contributed by atoms with van der Waals surface area (Å²) in [5, 5.41) is 3.12. The predicted molar refractivity (Wildman–Crippen MR) is 107 cm³/mol. The minimum absolute atomic E-state index is 0.0635. The van der Waals surface area contributed by atoms with Gasteiger partial charge in [0.1, 0.15) is 0 Å². The number of rotatable bonds is 5. The van der Waals surface area contributed by atoms with Gasteiger partial charge < -0.3 is 10.2 Å². The van der Waals surface area contributed by atoms with Crippen LogP contribution in [0.4, 0.5) is 0 Å². The summed E-state index contributed by atoms with van der Waals surface area (Å²) in [6.07, 6.45) is 4.37. The summed E-state index contributed by atoms with van der Waals surface area (Å²) in [7, 11) is 0. The van der Waals surface area contributed by atoms with Crippen LogP contribution in [0.25, 0.3) is 0 Å². The molecular formula is C22H33N3O2. The topological polar surface area (TPSA) is 52.7 Å². The first-order valence-corrected chi connectivity index (χ1v) is 10.4. The van der Waals surface area contributed by atoms with Crippen LogP contribution in [0.15, 0.2) is 24.3 Å². The monoisotopic (exact) mass is 371 g/mol. The van der Waals surface area contributed by atoms with E-state index in [1.807, 2.05) is 6.07 Å². The van der Waals surface area contributed by atoms with Crippen molar-refractivity contribution in [2.75, 3.05) is 26.2 Å². The average molecular weight is 372 g/mol. The molecule has 0 bridgehead atoms. The lowest BCUT2D eigenvalue weighted by Crippen LogP contribution is -2.44. The molecule has 27 heavy (non-hydrogen) atoms. The molecule has 2 aliphatic heterocycles. The number of hydrogen-bond acceptors (Lipinski definition) is 3. The van der Waals surface area contributed by atoms with Gasteiger partial charge in [0.25, 0.3) is 0 Å². The Morgan fingerprint density at radius 3 is 2.56 bits per heavy atom. The Bertz CT molecular complexity index is 661. The summed E-state index contributed by atoms with van der Waals surface area (Å²) in [6.45, 7) is 9.07. The summed E-state index contributed by atoms with van der Waals surface area (Å²) >= 11 is 0. The van der Waals surface area contributed by atoms with E-state index >= 15 is 0 Å². The van der Waals surface area contributed by atoms with E-state index in [4.69, 9.17) is 0 Å². The summed E-state index contributed by atoms with van der Waals surface area (Å²) in [5.74, 6) is 0.815. The third kappa shape index (κ3) is 5.55. The van der Waals surface area contributed by atoms with Crippen LogP contribution in [0.5, 0.6) is 0 Å². The highest BCUT2D eigenvalue weighted by Crippen LogP contribution is 2.20. The molecule has 5 heteroatoms. The van der Waals surface area contributed by atoms with Crippen LogP contribution in [-0.2, 0) is 22.7 Å². The summed E-state index contributed by atoms with van der Waals surface area (Å²) < 4.78 is 0. The molecule has 0 saturated carbocycles. The quantitative estimate of drug-likeness (QED) is 0.866. The molecule has 0 spiro atoms. The zero-order chi connectivity index (χ0) is 19.2. The van der Waals surface area contributed by atoms with E-state index in [0.717, 1.165) is 44.9 Å². The van der Waals surface area contributed by atoms with Crippen LogP contribution in [0.1, 0.15) is 50.7 Å². The molecule has 2 saturated heterocycles. The Hall–Kier alpha value is -1.88. The number of carbonyl (C=O) groups excluding carboxylic acids is 2. The Morgan fingerprint density at radius 1 is 1.07 bits per heavy atom. The van der Waals surface area contributed by atoms with Gasteiger partial charge in [-0.3, -0.25) is 14.5 Å². The number of nitrogens with zero attached hydrogens (tertiary/aromatic N) is 2. The third-order valence-electron chi connectivity index (χ3n) is 5.94. The van der Waals surface area contributed by atoms with Gasteiger partial charge in [0, 0.05) is 39.6 Å². The van der Waals surface area contributed by atoms with Crippen LogP contribution in [-0.4, -0.2) is 47.8 Å². The average Bonchev–Trinajstić information content (AvgIpc) is 2.67. The fourth-order valence-corrected chi connectivity index (χ4v) is 4.36. The fraction of sp³-hybridized carbons (Fsp3) is 0.636. The maximum Gasteiger partial charge on any atom is 0.225 e. The molecule has 2 atom stereocenters. The molecule has 2 amide bonds. The van der Waals surface area contributed by atoms with E-state index in [0.29, 0.717) is 13.1 Å². The van der Waals surface area contributed by atoms with Crippen LogP contribution in [0.2, 0.25) is 0 Å². The number of piperidine rings is 2. The molecular weight excluding hydrogens is 338 g/mol. The lowest BCUT2D eigenvalue weighted by atomic mass is 9.96. The number of likely N-dealkylation sites (tertiary alicyclic amines) is 2. The van der Waals surface area contributed by atoms with E-state index in [-0.39, 0.29) is 17.7 Å². The second-order valence-corrected chi connectivity index (χ2v) is 8.27. The first kappa shape index (κ1) is 19.9. The minimum Gasteiger partial charge on any atom is -0.352 e. The Morgan fingerprint density at radius 2 is 1.81 bits per heavy atom. The lowest BCUT2D eigenvalue weighted by Gasteiger charge is -2.32. The number of nitrogens with one attached hydrogen (secondary N) is 1. The largest absolute Gasteiger partial charge is 0.352 e. The van der Waals surface area contributed by atoms with Crippen molar-refractivity contribution in [1.29, 1.82) is 0 Å². The second kappa shape index (κ2) is 9.36. The van der Waals surface area contributed by atoms with Crippen molar-refractivity contribution in [2.24, 2.45) is 11.8 Å². The van der Waals surface area contributed by atoms with Gasteiger partial charge in [-0.15, -0.1) is 0 Å². The van der Waals surface area contributed by atoms with Gasteiger partial charge >= 0.3 is 0 Å². The molecule has 1 N–H and O–H groups in total. The van der Waals surface area contributed by atoms with Gasteiger partial charge in [0.2, 0.25) is 11.8 Å². The molecule has 5 nitrogen and oxygen atoms in total. The highest BCUT2D eigenvalue weighted by atomic mass is 16.2. The molecule has 1 aromatic carbocycles. The SMILES string of the molecule is CC(=O)N1CCC[C@H](C(=O)NCc2ccccc2CN2CCC[C@H](C)C2)C1. The van der Waals surface area contributed by atoms with Gasteiger partial charge in [-0.25, -0.2) is 0 Å². The highest BCUT2D eigenvalue weighted by molar-refractivity contribution is 5.80. The van der Waals surface area contributed by atoms with E-state index in [1.165, 1.54) is 24.0 Å². The minimum atomic E-state index is -0.0854. The fourth-order valence-electron chi connectivity index (χ4n) is 4.36. The zero-order valence-electron chi connectivity index (χ0n) is 16.7. The molecule has 148 valence electrons.